The van der Waals surface area contributed by atoms with Gasteiger partial charge in [-0.15, -0.1) is 0 Å². The van der Waals surface area contributed by atoms with Gasteiger partial charge < -0.3 is 19.9 Å². The SMILES string of the molecule is CCOc1ccc(CC(=O)Nc2cc(S(=O)(=O)Nc3ccccc3OC)ccc2O)cc1. The van der Waals surface area contributed by atoms with Crippen LogP contribution in [0.1, 0.15) is 12.5 Å². The second-order valence-electron chi connectivity index (χ2n) is 6.79. The summed E-state index contributed by atoms with van der Waals surface area (Å²) in [5, 5.41) is 12.7. The molecule has 0 saturated carbocycles. The van der Waals surface area contributed by atoms with Crippen molar-refractivity contribution >= 4 is 27.3 Å². The summed E-state index contributed by atoms with van der Waals surface area (Å²) in [5.41, 5.74) is 1.00. The highest BCUT2D eigenvalue weighted by Crippen LogP contribution is 2.30. The van der Waals surface area contributed by atoms with Crippen molar-refractivity contribution in [3.05, 3.63) is 72.3 Å². The molecular formula is C23H24N2O6S. The second kappa shape index (κ2) is 10.1. The Morgan fingerprint density at radius 3 is 2.41 bits per heavy atom. The van der Waals surface area contributed by atoms with E-state index in [1.54, 1.807) is 48.5 Å². The van der Waals surface area contributed by atoms with Gasteiger partial charge in [0.1, 0.15) is 17.2 Å². The molecule has 8 nitrogen and oxygen atoms in total. The molecule has 3 N–H and O–H groups in total. The van der Waals surface area contributed by atoms with Crippen molar-refractivity contribution in [3.8, 4) is 17.2 Å². The number of anilines is 2. The number of sulfonamides is 1. The molecule has 1 amide bonds. The van der Waals surface area contributed by atoms with Gasteiger partial charge in [-0.2, -0.15) is 0 Å². The summed E-state index contributed by atoms with van der Waals surface area (Å²) in [6.07, 6.45) is 0.0439. The summed E-state index contributed by atoms with van der Waals surface area (Å²) < 4.78 is 38.6. The highest BCUT2D eigenvalue weighted by molar-refractivity contribution is 7.92. The van der Waals surface area contributed by atoms with Gasteiger partial charge in [-0.1, -0.05) is 24.3 Å². The van der Waals surface area contributed by atoms with Crippen LogP contribution in [0.3, 0.4) is 0 Å². The van der Waals surface area contributed by atoms with Gasteiger partial charge in [0.2, 0.25) is 5.91 Å². The summed E-state index contributed by atoms with van der Waals surface area (Å²) in [7, 11) is -2.56. The zero-order chi connectivity index (χ0) is 23.1. The Morgan fingerprint density at radius 2 is 1.72 bits per heavy atom. The van der Waals surface area contributed by atoms with Gasteiger partial charge in [0.15, 0.2) is 0 Å². The molecule has 0 spiro atoms. The van der Waals surface area contributed by atoms with Crippen molar-refractivity contribution in [2.75, 3.05) is 23.8 Å². The monoisotopic (exact) mass is 456 g/mol. The normalized spacial score (nSPS) is 10.9. The van der Waals surface area contributed by atoms with Crippen molar-refractivity contribution in [3.63, 3.8) is 0 Å². The average Bonchev–Trinajstić information content (AvgIpc) is 2.77. The summed E-state index contributed by atoms with van der Waals surface area (Å²) in [4.78, 5) is 12.3. The summed E-state index contributed by atoms with van der Waals surface area (Å²) in [6.45, 7) is 2.43. The van der Waals surface area contributed by atoms with Crippen LogP contribution in [0.2, 0.25) is 0 Å². The number of carbonyl (C=O) groups excluding carboxylic acids is 1. The Bertz CT molecular complexity index is 1190. The largest absolute Gasteiger partial charge is 0.506 e. The number of rotatable bonds is 9. The van der Waals surface area contributed by atoms with E-state index < -0.39 is 15.9 Å². The van der Waals surface area contributed by atoms with Gasteiger partial charge in [0.05, 0.1) is 36.4 Å². The van der Waals surface area contributed by atoms with Crippen LogP contribution in [0, 0.1) is 0 Å². The fourth-order valence-electron chi connectivity index (χ4n) is 2.97. The summed E-state index contributed by atoms with van der Waals surface area (Å²) in [5.74, 6) is 0.409. The average molecular weight is 457 g/mol. The minimum atomic E-state index is -4.00. The third kappa shape index (κ3) is 5.70. The molecule has 0 aliphatic heterocycles. The molecule has 0 heterocycles. The predicted molar refractivity (Wildman–Crippen MR) is 122 cm³/mol. The first-order chi connectivity index (χ1) is 15.3. The molecule has 0 saturated heterocycles. The first kappa shape index (κ1) is 23.0. The first-order valence-electron chi connectivity index (χ1n) is 9.83. The topological polar surface area (TPSA) is 114 Å². The smallest absolute Gasteiger partial charge is 0.262 e. The van der Waals surface area contributed by atoms with Crippen LogP contribution in [0.15, 0.2) is 71.6 Å². The highest BCUT2D eigenvalue weighted by Gasteiger charge is 2.19. The van der Waals surface area contributed by atoms with E-state index in [0.29, 0.717) is 18.1 Å². The Morgan fingerprint density at radius 1 is 1.00 bits per heavy atom. The van der Waals surface area contributed by atoms with Gasteiger partial charge in [-0.05, 0) is 55.0 Å². The van der Waals surface area contributed by atoms with E-state index in [4.69, 9.17) is 9.47 Å². The minimum Gasteiger partial charge on any atom is -0.506 e. The molecule has 0 atom stereocenters. The maximum atomic E-state index is 12.8. The predicted octanol–water partition coefficient (Wildman–Crippen LogP) is 3.78. The lowest BCUT2D eigenvalue weighted by Gasteiger charge is -2.13. The molecule has 0 aromatic heterocycles. The standard InChI is InChI=1S/C23H24N2O6S/c1-3-31-17-10-8-16(9-11-17)14-23(27)24-20-15-18(12-13-21(20)26)32(28,29)25-19-6-4-5-7-22(19)30-2/h4-13,15,25-26H,3,14H2,1-2H3,(H,24,27). The Hall–Kier alpha value is -3.72. The Kier molecular flexibility index (Phi) is 7.21. The number of hydrogen-bond donors (Lipinski definition) is 3. The molecule has 32 heavy (non-hydrogen) atoms. The van der Waals surface area contributed by atoms with Gasteiger partial charge in [0.25, 0.3) is 10.0 Å². The molecule has 3 aromatic rings. The highest BCUT2D eigenvalue weighted by atomic mass is 32.2. The Labute approximate surface area is 186 Å². The van der Waals surface area contributed by atoms with E-state index >= 15 is 0 Å². The lowest BCUT2D eigenvalue weighted by molar-refractivity contribution is -0.115. The number of phenolic OH excluding ortho intramolecular Hbond substituents is 1. The van der Waals surface area contributed by atoms with Crippen molar-refractivity contribution < 1.29 is 27.8 Å². The maximum Gasteiger partial charge on any atom is 0.262 e. The van der Waals surface area contributed by atoms with E-state index in [1.165, 1.54) is 25.3 Å². The number of aromatic hydroxyl groups is 1. The lowest BCUT2D eigenvalue weighted by atomic mass is 10.1. The third-order valence-corrected chi connectivity index (χ3v) is 5.87. The molecule has 0 unspecified atom stereocenters. The molecule has 3 aromatic carbocycles. The maximum absolute atomic E-state index is 12.8. The third-order valence-electron chi connectivity index (χ3n) is 4.50. The van der Waals surface area contributed by atoms with E-state index in [0.717, 1.165) is 5.56 Å². The van der Waals surface area contributed by atoms with Gasteiger partial charge in [-0.3, -0.25) is 9.52 Å². The quantitative estimate of drug-likeness (QED) is 0.422. The van der Waals surface area contributed by atoms with Crippen LogP contribution >= 0.6 is 0 Å². The zero-order valence-electron chi connectivity index (χ0n) is 17.7. The Balaban J connectivity index is 1.75. The fraction of sp³-hybridized carbons (Fsp3) is 0.174. The van der Waals surface area contributed by atoms with Crippen LogP contribution in [0.4, 0.5) is 11.4 Å². The number of phenols is 1. The number of nitrogens with one attached hydrogen (secondary N) is 2. The molecule has 168 valence electrons. The summed E-state index contributed by atoms with van der Waals surface area (Å²) >= 11 is 0. The van der Waals surface area contributed by atoms with Gasteiger partial charge >= 0.3 is 0 Å². The van der Waals surface area contributed by atoms with Crippen LogP contribution < -0.4 is 19.5 Å². The molecular weight excluding hydrogens is 432 g/mol. The molecule has 0 aliphatic carbocycles. The number of methoxy groups -OCH3 is 1. The van der Waals surface area contributed by atoms with Crippen LogP contribution in [-0.2, 0) is 21.2 Å². The number of benzene rings is 3. The molecule has 0 bridgehead atoms. The zero-order valence-corrected chi connectivity index (χ0v) is 18.5. The minimum absolute atomic E-state index is 0.0103. The number of para-hydroxylation sites is 2. The number of amides is 1. The van der Waals surface area contributed by atoms with E-state index in [9.17, 15) is 18.3 Å². The molecule has 0 radical (unpaired) electrons. The van der Waals surface area contributed by atoms with E-state index in [2.05, 4.69) is 10.0 Å². The van der Waals surface area contributed by atoms with Crippen molar-refractivity contribution in [1.29, 1.82) is 0 Å². The van der Waals surface area contributed by atoms with Crippen molar-refractivity contribution in [2.45, 2.75) is 18.2 Å². The first-order valence-corrected chi connectivity index (χ1v) is 11.3. The fourth-order valence-corrected chi connectivity index (χ4v) is 4.06. The molecule has 0 fully saturated rings. The van der Waals surface area contributed by atoms with Gasteiger partial charge in [0, 0.05) is 0 Å². The van der Waals surface area contributed by atoms with Crippen molar-refractivity contribution in [1.82, 2.24) is 0 Å². The van der Waals surface area contributed by atoms with Crippen molar-refractivity contribution in [2.24, 2.45) is 0 Å². The number of carbonyl (C=O) groups is 1. The van der Waals surface area contributed by atoms with Crippen LogP contribution in [-0.4, -0.2) is 33.1 Å². The van der Waals surface area contributed by atoms with Gasteiger partial charge in [-0.25, -0.2) is 8.42 Å². The number of ether oxygens (including phenoxy) is 2. The van der Waals surface area contributed by atoms with E-state index in [-0.39, 0.29) is 28.4 Å². The lowest BCUT2D eigenvalue weighted by Crippen LogP contribution is -2.16. The second-order valence-corrected chi connectivity index (χ2v) is 8.47. The molecule has 9 heteroatoms. The molecule has 0 aliphatic rings. The van der Waals surface area contributed by atoms with E-state index in [1.807, 2.05) is 6.92 Å². The van der Waals surface area contributed by atoms with Crippen LogP contribution in [0.25, 0.3) is 0 Å². The summed E-state index contributed by atoms with van der Waals surface area (Å²) in [6, 6.07) is 17.3. The molecule has 3 rings (SSSR count). The van der Waals surface area contributed by atoms with Crippen LogP contribution in [0.5, 0.6) is 17.2 Å². The number of hydrogen-bond acceptors (Lipinski definition) is 6.